The van der Waals surface area contributed by atoms with Crippen LogP contribution in [0.4, 0.5) is 52.7 Å². The van der Waals surface area contributed by atoms with Gasteiger partial charge in [-0.2, -0.15) is 66.5 Å². The minimum Gasteiger partial charge on any atom is -1.00 e. The molecule has 0 aromatic heterocycles. The molecule has 0 aliphatic rings. The van der Waals surface area contributed by atoms with E-state index in [-0.39, 0.29) is 71.3 Å². The second-order valence-electron chi connectivity index (χ2n) is 9.79. The first kappa shape index (κ1) is 56.6. The quantitative estimate of drug-likeness (QED) is 0.103. The fourth-order valence-electron chi connectivity index (χ4n) is 2.80. The van der Waals surface area contributed by atoms with E-state index in [4.69, 9.17) is 0 Å². The van der Waals surface area contributed by atoms with E-state index in [1.807, 2.05) is 34.1 Å². The van der Waals surface area contributed by atoms with E-state index in [9.17, 15) is 62.3 Å². The molecule has 19 heteroatoms. The van der Waals surface area contributed by atoms with Crippen molar-refractivity contribution in [2.75, 3.05) is 14.2 Å². The molecule has 0 fully saturated rings. The third-order valence-electron chi connectivity index (χ3n) is 5.03. The molecule has 0 saturated heterocycles. The zero-order chi connectivity index (χ0) is 37.0. The molecular weight excluding hydrogens is 790 g/mol. The Balaban J connectivity index is -0.000000193. The number of benzene rings is 2. The van der Waals surface area contributed by atoms with Crippen molar-refractivity contribution in [1.82, 2.24) is 5.06 Å². The number of hydrogen-bond acceptors (Lipinski definition) is 3. The average molecular weight is 827 g/mol. The van der Waals surface area contributed by atoms with Crippen molar-refractivity contribution >= 4 is 50.7 Å². The van der Waals surface area contributed by atoms with Gasteiger partial charge >= 0.3 is 47.8 Å². The summed E-state index contributed by atoms with van der Waals surface area (Å²) in [7, 11) is 3.07. The van der Waals surface area contributed by atoms with Crippen LogP contribution in [0, 0.1) is 18.3 Å². The minimum absolute atomic E-state index is 0. The number of carbonyl (C=O) groups is 2. The van der Waals surface area contributed by atoms with Gasteiger partial charge in [0.25, 0.3) is 0 Å². The molecule has 0 unspecified atom stereocenters. The summed E-state index contributed by atoms with van der Waals surface area (Å²) in [6.45, 7) is 10.5. The molecule has 1 amide bonds. The van der Waals surface area contributed by atoms with Crippen LogP contribution in [0.5, 0.6) is 0 Å². The van der Waals surface area contributed by atoms with E-state index in [0.717, 1.165) is 0 Å². The first-order valence-electron chi connectivity index (χ1n) is 12.9. The molecule has 4 nitrogen and oxygen atoms in total. The van der Waals surface area contributed by atoms with Crippen LogP contribution in [0.25, 0.3) is 0 Å². The summed E-state index contributed by atoms with van der Waals surface area (Å²) < 4.78 is 148. The Labute approximate surface area is 309 Å². The molecule has 0 bridgehead atoms. The zero-order valence-corrected chi connectivity index (χ0v) is 30.6. The summed E-state index contributed by atoms with van der Waals surface area (Å²) in [5, 5.41) is 1.23. The zero-order valence-electron chi connectivity index (χ0n) is 26.9. The fraction of sp³-hybridized carbons (Fsp3) is 0.500. The van der Waals surface area contributed by atoms with Gasteiger partial charge in [-0.3, -0.25) is 14.4 Å². The van der Waals surface area contributed by atoms with Crippen molar-refractivity contribution in [2.45, 2.75) is 73.7 Å². The number of halogens is 14. The van der Waals surface area contributed by atoms with E-state index >= 15 is 0 Å². The average Bonchev–Trinajstić information content (AvgIpc) is 2.90. The molecule has 0 aliphatic carbocycles. The van der Waals surface area contributed by atoms with Gasteiger partial charge in [0.15, 0.2) is 5.78 Å². The van der Waals surface area contributed by atoms with Gasteiger partial charge in [-0.1, -0.05) is 51.1 Å². The fourth-order valence-corrected chi connectivity index (χ4v) is 3.29. The molecule has 0 heterocycles. The van der Waals surface area contributed by atoms with Crippen molar-refractivity contribution < 1.29 is 79.5 Å². The molecule has 0 N–H and O–H groups in total. The minimum atomic E-state index is -4.94. The van der Waals surface area contributed by atoms with E-state index in [1.165, 1.54) is 26.0 Å². The Kier molecular flexibility index (Phi) is 27.3. The van der Waals surface area contributed by atoms with Crippen LogP contribution in [0.3, 0.4) is 0 Å². The molecule has 2 rings (SSSR count). The number of nitrogens with zero attached hydrogens (tertiary/aromatic N) is 1. The molecule has 49 heavy (non-hydrogen) atoms. The van der Waals surface area contributed by atoms with Crippen LogP contribution in [-0.2, 0) is 34.3 Å². The summed E-state index contributed by atoms with van der Waals surface area (Å²) in [4.78, 5) is 27.1. The molecule has 280 valence electrons. The molecule has 0 saturated carbocycles. The molecule has 0 spiro atoms. The van der Waals surface area contributed by atoms with E-state index in [0.29, 0.717) is 24.3 Å². The van der Waals surface area contributed by atoms with Gasteiger partial charge in [0.1, 0.15) is 0 Å². The maximum atomic E-state index is 12.5. The molecule has 0 aliphatic heterocycles. The van der Waals surface area contributed by atoms with Crippen LogP contribution in [0.15, 0.2) is 40.9 Å². The van der Waals surface area contributed by atoms with Gasteiger partial charge in [-0.25, -0.2) is 5.06 Å². The van der Waals surface area contributed by atoms with Crippen molar-refractivity contribution in [1.29, 1.82) is 0 Å². The molecule has 2 aromatic carbocycles. The summed E-state index contributed by atoms with van der Waals surface area (Å²) in [5.41, 5.74) is -6.21. The summed E-state index contributed by atoms with van der Waals surface area (Å²) in [6.07, 6.45) is -17.5. The van der Waals surface area contributed by atoms with E-state index in [1.54, 1.807) is 7.05 Å². The third-order valence-corrected chi connectivity index (χ3v) is 5.48. The van der Waals surface area contributed by atoms with Crippen molar-refractivity contribution in [3.8, 4) is 0 Å². The predicted octanol–water partition coefficient (Wildman–Crippen LogP) is 8.20. The SMILES string of the molecule is C.CC(C)C(=O)c1cc(C(F)(F)F)cc(C(F)(F)F)c1.CON(C)C(=O)C(C)C.C[CH-]C.FC(F)(F)c1cc(Br)cc(C(F)(F)F)c1.[Cl-].[Mg+2]. The van der Waals surface area contributed by atoms with Gasteiger partial charge in [0.2, 0.25) is 5.91 Å². The second kappa shape index (κ2) is 23.7. The number of amides is 1. The van der Waals surface area contributed by atoms with E-state index in [2.05, 4.69) is 20.8 Å². The molecular formula is C30H37BrClF12MgNO3. The third kappa shape index (κ3) is 21.9. The number of alkyl halides is 12. The predicted molar refractivity (Wildman–Crippen MR) is 163 cm³/mol. The summed E-state index contributed by atoms with van der Waals surface area (Å²) in [5.74, 6) is -1.45. The first-order chi connectivity index (χ1) is 20.5. The van der Waals surface area contributed by atoms with Gasteiger partial charge in [0, 0.05) is 28.9 Å². The Bertz CT molecular complexity index is 1200. The van der Waals surface area contributed by atoms with Gasteiger partial charge in [-0.15, -0.1) is 0 Å². The van der Waals surface area contributed by atoms with Crippen molar-refractivity contribution in [2.24, 2.45) is 11.8 Å². The smallest absolute Gasteiger partial charge is 1.00 e. The number of hydroxylamine groups is 2. The Morgan fingerprint density at radius 3 is 1.12 bits per heavy atom. The Morgan fingerprint density at radius 2 is 0.939 bits per heavy atom. The Morgan fingerprint density at radius 1 is 0.673 bits per heavy atom. The molecule has 0 atom stereocenters. The maximum absolute atomic E-state index is 12.5. The maximum Gasteiger partial charge on any atom is 2.00 e. The Hall–Kier alpha value is -1.76. The van der Waals surface area contributed by atoms with Crippen LogP contribution >= 0.6 is 15.9 Å². The van der Waals surface area contributed by atoms with Crippen LogP contribution in [0.2, 0.25) is 0 Å². The van der Waals surface area contributed by atoms with Crippen LogP contribution in [-0.4, -0.2) is 54.0 Å². The monoisotopic (exact) mass is 825 g/mol. The van der Waals surface area contributed by atoms with Crippen molar-refractivity contribution in [3.05, 3.63) is 75.1 Å². The van der Waals surface area contributed by atoms with Gasteiger partial charge < -0.3 is 18.8 Å². The molecule has 0 radical (unpaired) electrons. The summed E-state index contributed by atoms with van der Waals surface area (Å²) in [6, 6.07) is 2.14. The number of Topliss-reactive ketones (excluding diaryl/α,β-unsaturated/α-hetero) is 1. The topological polar surface area (TPSA) is 46.6 Å². The van der Waals surface area contributed by atoms with Crippen LogP contribution in [0.1, 0.15) is 81.6 Å². The number of carbonyl (C=O) groups excluding carboxylic acids is 2. The number of hydrogen-bond donors (Lipinski definition) is 0. The van der Waals surface area contributed by atoms with Crippen LogP contribution < -0.4 is 12.4 Å². The van der Waals surface area contributed by atoms with Gasteiger partial charge in [-0.05, 0) is 36.4 Å². The largest absolute Gasteiger partial charge is 2.00 e. The van der Waals surface area contributed by atoms with Gasteiger partial charge in [0.05, 0.1) is 29.4 Å². The summed E-state index contributed by atoms with van der Waals surface area (Å²) >= 11 is 2.60. The standard InChI is InChI=1S/C12H10F6O.C8H3BrF6.C6H13NO2.C3H7.CH4.ClH.Mg/c1-6(2)10(19)7-3-8(11(13,14)15)5-9(4-7)12(16,17)18;9-6-2-4(7(10,11)12)1-5(3-6)8(13,14)15;1-5(2)6(8)7(3)9-4;1-3-2;;;/h3-6H,1-2H3;1-3H;5H,1-4H3;3H,1-2H3;1H4;1H;/q;;;-1;;;+2/p-1. The van der Waals surface area contributed by atoms with E-state index < -0.39 is 64.2 Å². The normalized spacial score (nSPS) is 11.2. The second-order valence-corrected chi connectivity index (χ2v) is 10.7. The first-order valence-corrected chi connectivity index (χ1v) is 13.7. The molecule has 2 aromatic rings. The van der Waals surface area contributed by atoms with Crippen molar-refractivity contribution in [3.63, 3.8) is 0 Å². The number of ketones is 1. The number of rotatable bonds is 4.